The molecule has 1 heterocycles. The van der Waals surface area contributed by atoms with Gasteiger partial charge in [-0.25, -0.2) is 0 Å². The molecule has 2 rings (SSSR count). The van der Waals surface area contributed by atoms with Crippen LogP contribution in [0, 0.1) is 32.1 Å². The fourth-order valence-electron chi connectivity index (χ4n) is 1.93. The van der Waals surface area contributed by atoms with Gasteiger partial charge in [0.1, 0.15) is 0 Å². The molecular formula is C14H14ClN3. The highest BCUT2D eigenvalue weighted by Crippen LogP contribution is 2.21. The third kappa shape index (κ3) is 2.25. The first-order valence-corrected chi connectivity index (χ1v) is 6.10. The molecule has 0 spiro atoms. The number of aromatic nitrogens is 2. The lowest BCUT2D eigenvalue weighted by atomic mass is 10.1. The third-order valence-electron chi connectivity index (χ3n) is 3.08. The average Bonchev–Trinajstić information content (AvgIpc) is 2.59. The lowest BCUT2D eigenvalue weighted by molar-refractivity contribution is 0.656. The molecule has 0 unspecified atom stereocenters. The maximum atomic E-state index is 8.84. The normalized spacial score (nSPS) is 10.4. The summed E-state index contributed by atoms with van der Waals surface area (Å²) in [5.41, 5.74) is 4.75. The van der Waals surface area contributed by atoms with Gasteiger partial charge in [-0.3, -0.25) is 4.68 Å². The van der Waals surface area contributed by atoms with E-state index in [0.29, 0.717) is 12.1 Å². The average molecular weight is 260 g/mol. The van der Waals surface area contributed by atoms with Gasteiger partial charge in [-0.1, -0.05) is 17.7 Å². The highest BCUT2D eigenvalue weighted by Gasteiger charge is 2.10. The smallest absolute Gasteiger partial charge is 0.0991 e. The molecule has 0 aliphatic heterocycles. The molecule has 2 aromatic rings. The highest BCUT2D eigenvalue weighted by molar-refractivity contribution is 6.31. The molecule has 1 aromatic heterocycles. The van der Waals surface area contributed by atoms with Crippen molar-refractivity contribution in [3.8, 4) is 6.07 Å². The van der Waals surface area contributed by atoms with Crippen molar-refractivity contribution in [1.82, 2.24) is 9.78 Å². The predicted octanol–water partition coefficient (Wildman–Crippen LogP) is 3.38. The van der Waals surface area contributed by atoms with Crippen molar-refractivity contribution in [3.05, 3.63) is 51.3 Å². The maximum Gasteiger partial charge on any atom is 0.0991 e. The van der Waals surface area contributed by atoms with Crippen LogP contribution in [0.2, 0.25) is 5.02 Å². The number of nitriles is 1. The molecule has 18 heavy (non-hydrogen) atoms. The van der Waals surface area contributed by atoms with Crippen LogP contribution in [-0.4, -0.2) is 9.78 Å². The van der Waals surface area contributed by atoms with E-state index in [1.807, 2.05) is 43.7 Å². The van der Waals surface area contributed by atoms with E-state index in [-0.39, 0.29) is 0 Å². The fourth-order valence-corrected chi connectivity index (χ4v) is 2.07. The van der Waals surface area contributed by atoms with E-state index >= 15 is 0 Å². The van der Waals surface area contributed by atoms with Crippen molar-refractivity contribution in [2.75, 3.05) is 0 Å². The summed E-state index contributed by atoms with van der Waals surface area (Å²) < 4.78 is 1.89. The Hall–Kier alpha value is -1.79. The summed E-state index contributed by atoms with van der Waals surface area (Å²) in [6, 6.07) is 7.83. The van der Waals surface area contributed by atoms with Crippen LogP contribution in [0.25, 0.3) is 0 Å². The van der Waals surface area contributed by atoms with Crippen molar-refractivity contribution >= 4 is 11.6 Å². The summed E-state index contributed by atoms with van der Waals surface area (Å²) in [7, 11) is 0. The Morgan fingerprint density at radius 2 is 2.06 bits per heavy atom. The van der Waals surface area contributed by atoms with Crippen LogP contribution in [0.4, 0.5) is 0 Å². The molecule has 0 saturated carbocycles. The number of halogens is 1. The molecule has 0 N–H and O–H groups in total. The first-order valence-electron chi connectivity index (χ1n) is 5.72. The van der Waals surface area contributed by atoms with Crippen molar-refractivity contribution in [3.63, 3.8) is 0 Å². The minimum Gasteiger partial charge on any atom is -0.264 e. The van der Waals surface area contributed by atoms with Crippen molar-refractivity contribution < 1.29 is 0 Å². The summed E-state index contributed by atoms with van der Waals surface area (Å²) >= 11 is 6.13. The van der Waals surface area contributed by atoms with Crippen molar-refractivity contribution in [2.24, 2.45) is 0 Å². The number of hydrogen-bond acceptors (Lipinski definition) is 2. The van der Waals surface area contributed by atoms with Crippen LogP contribution in [0.3, 0.4) is 0 Å². The molecule has 0 fully saturated rings. The van der Waals surface area contributed by atoms with Gasteiger partial charge in [-0.15, -0.1) is 0 Å². The van der Waals surface area contributed by atoms with Crippen LogP contribution >= 0.6 is 11.6 Å². The Balaban J connectivity index is 2.35. The second-order valence-corrected chi connectivity index (χ2v) is 4.77. The monoisotopic (exact) mass is 259 g/mol. The molecule has 4 heteroatoms. The molecule has 0 aliphatic carbocycles. The Labute approximate surface area is 112 Å². The lowest BCUT2D eigenvalue weighted by Crippen LogP contribution is -2.05. The molecular weight excluding hydrogens is 246 g/mol. The minimum atomic E-state index is 0.678. The number of aryl methyl sites for hydroxylation is 2. The van der Waals surface area contributed by atoms with Crippen molar-refractivity contribution in [1.29, 1.82) is 5.26 Å². The van der Waals surface area contributed by atoms with Gasteiger partial charge in [0.05, 0.1) is 34.6 Å². The number of benzene rings is 1. The van der Waals surface area contributed by atoms with E-state index in [9.17, 15) is 0 Å². The molecule has 92 valence electrons. The summed E-state index contributed by atoms with van der Waals surface area (Å²) in [6.45, 7) is 6.54. The van der Waals surface area contributed by atoms with Gasteiger partial charge < -0.3 is 0 Å². The standard InChI is InChI=1S/C14H14ClN3/c1-9-6-12(7-16)4-5-13(9)8-18-11(3)14(15)10(2)17-18/h4-6H,8H2,1-3H3. The summed E-state index contributed by atoms with van der Waals surface area (Å²) in [5.74, 6) is 0. The zero-order chi connectivity index (χ0) is 13.3. The Morgan fingerprint density at radius 3 is 2.56 bits per heavy atom. The fraction of sp³-hybridized carbons (Fsp3) is 0.286. The highest BCUT2D eigenvalue weighted by atomic mass is 35.5. The van der Waals surface area contributed by atoms with E-state index in [0.717, 1.165) is 27.5 Å². The van der Waals surface area contributed by atoms with Crippen LogP contribution < -0.4 is 0 Å². The van der Waals surface area contributed by atoms with Gasteiger partial charge in [0.15, 0.2) is 0 Å². The molecule has 0 radical (unpaired) electrons. The molecule has 1 aromatic carbocycles. The van der Waals surface area contributed by atoms with Crippen LogP contribution in [-0.2, 0) is 6.54 Å². The van der Waals surface area contributed by atoms with Crippen LogP contribution in [0.15, 0.2) is 18.2 Å². The Bertz CT molecular complexity index is 635. The first-order chi connectivity index (χ1) is 8.52. The van der Waals surface area contributed by atoms with Crippen LogP contribution in [0.1, 0.15) is 28.1 Å². The van der Waals surface area contributed by atoms with Gasteiger partial charge in [-0.2, -0.15) is 10.4 Å². The summed E-state index contributed by atoms with van der Waals surface area (Å²) in [4.78, 5) is 0. The topological polar surface area (TPSA) is 41.6 Å². The molecule has 0 amide bonds. The second kappa shape index (κ2) is 4.83. The van der Waals surface area contributed by atoms with Gasteiger partial charge in [-0.05, 0) is 44.0 Å². The number of hydrogen-bond donors (Lipinski definition) is 0. The van der Waals surface area contributed by atoms with Gasteiger partial charge in [0.25, 0.3) is 0 Å². The third-order valence-corrected chi connectivity index (χ3v) is 3.63. The largest absolute Gasteiger partial charge is 0.264 e. The first kappa shape index (κ1) is 12.7. The van der Waals surface area contributed by atoms with E-state index in [1.54, 1.807) is 0 Å². The van der Waals surface area contributed by atoms with E-state index in [2.05, 4.69) is 11.2 Å². The zero-order valence-electron chi connectivity index (χ0n) is 10.7. The lowest BCUT2D eigenvalue weighted by Gasteiger charge is -2.08. The molecule has 3 nitrogen and oxygen atoms in total. The van der Waals surface area contributed by atoms with Crippen molar-refractivity contribution in [2.45, 2.75) is 27.3 Å². The number of rotatable bonds is 2. The Kier molecular flexibility index (Phi) is 3.40. The van der Waals surface area contributed by atoms with Crippen LogP contribution in [0.5, 0.6) is 0 Å². The zero-order valence-corrected chi connectivity index (χ0v) is 11.4. The van der Waals surface area contributed by atoms with E-state index in [4.69, 9.17) is 16.9 Å². The van der Waals surface area contributed by atoms with Gasteiger partial charge >= 0.3 is 0 Å². The molecule has 0 saturated heterocycles. The molecule has 0 bridgehead atoms. The summed E-state index contributed by atoms with van der Waals surface area (Å²) in [6.07, 6.45) is 0. The van der Waals surface area contributed by atoms with E-state index in [1.165, 1.54) is 0 Å². The number of nitrogens with zero attached hydrogens (tertiary/aromatic N) is 3. The SMILES string of the molecule is Cc1cc(C#N)ccc1Cn1nc(C)c(Cl)c1C. The maximum absolute atomic E-state index is 8.84. The summed E-state index contributed by atoms with van der Waals surface area (Å²) in [5, 5.41) is 14.0. The minimum absolute atomic E-state index is 0.678. The molecule has 0 atom stereocenters. The van der Waals surface area contributed by atoms with Gasteiger partial charge in [0.2, 0.25) is 0 Å². The predicted molar refractivity (Wildman–Crippen MR) is 71.7 cm³/mol. The second-order valence-electron chi connectivity index (χ2n) is 4.40. The molecule has 0 aliphatic rings. The quantitative estimate of drug-likeness (QED) is 0.830. The van der Waals surface area contributed by atoms with E-state index < -0.39 is 0 Å². The van der Waals surface area contributed by atoms with Gasteiger partial charge in [0, 0.05) is 0 Å². The Morgan fingerprint density at radius 1 is 1.33 bits per heavy atom.